The van der Waals surface area contributed by atoms with Crippen LogP contribution in [0.15, 0.2) is 60.0 Å². The zero-order valence-corrected chi connectivity index (χ0v) is 36.7. The molecule has 0 bridgehead atoms. The molecular weight excluding hydrogens is 801 g/mol. The van der Waals surface area contributed by atoms with Gasteiger partial charge in [0.15, 0.2) is 0 Å². The van der Waals surface area contributed by atoms with Gasteiger partial charge in [-0.2, -0.15) is 0 Å². The summed E-state index contributed by atoms with van der Waals surface area (Å²) in [5, 5.41) is 6.69. The van der Waals surface area contributed by atoms with E-state index in [0.717, 1.165) is 69.9 Å². The molecule has 2 N–H and O–H groups in total. The van der Waals surface area contributed by atoms with Crippen molar-refractivity contribution in [3.63, 3.8) is 0 Å². The van der Waals surface area contributed by atoms with Crippen LogP contribution in [-0.4, -0.2) is 96.9 Å². The number of ether oxygens (including phenoxy) is 3. The molecule has 4 aliphatic rings. The van der Waals surface area contributed by atoms with E-state index in [1.54, 1.807) is 25.6 Å². The van der Waals surface area contributed by atoms with Gasteiger partial charge in [0.1, 0.15) is 39.6 Å². The fourth-order valence-corrected chi connectivity index (χ4v) is 10.8. The lowest BCUT2D eigenvalue weighted by Crippen LogP contribution is -2.54. The third kappa shape index (κ3) is 8.85. The molecule has 2 aromatic carbocycles. The van der Waals surface area contributed by atoms with Crippen molar-refractivity contribution in [3.05, 3.63) is 76.8 Å². The van der Waals surface area contributed by atoms with Gasteiger partial charge in [-0.15, -0.1) is 11.3 Å². The average molecular weight is 857 g/mol. The van der Waals surface area contributed by atoms with Crippen molar-refractivity contribution in [2.75, 3.05) is 33.9 Å². The molecule has 13 nitrogen and oxygen atoms in total. The van der Waals surface area contributed by atoms with Crippen molar-refractivity contribution in [2.45, 2.75) is 108 Å². The summed E-state index contributed by atoms with van der Waals surface area (Å²) in [6, 6.07) is 13.2. The van der Waals surface area contributed by atoms with Crippen LogP contribution >= 0.6 is 11.3 Å². The summed E-state index contributed by atoms with van der Waals surface area (Å²) >= 11 is 1.55. The molecule has 4 atom stereocenters. The molecule has 2 aliphatic carbocycles. The Hall–Kier alpha value is -4.73. The fraction of sp³-hybridized carbons (Fsp3) is 0.511. The number of thiazole rings is 1. The zero-order chi connectivity index (χ0) is 42.2. The Labute approximate surface area is 356 Å². The maximum atomic E-state index is 14.9. The van der Waals surface area contributed by atoms with Gasteiger partial charge in [0.05, 0.1) is 37.2 Å². The Bertz CT molecular complexity index is 2360. The number of rotatable bonds is 11. The van der Waals surface area contributed by atoms with E-state index in [1.807, 2.05) is 59.2 Å². The van der Waals surface area contributed by atoms with E-state index in [9.17, 15) is 18.0 Å². The number of aromatic nitrogens is 2. The highest BCUT2D eigenvalue weighted by atomic mass is 32.2. The van der Waals surface area contributed by atoms with Crippen LogP contribution < -0.4 is 24.2 Å². The number of benzene rings is 2. The fourth-order valence-electron chi connectivity index (χ4n) is 8.47. The van der Waals surface area contributed by atoms with E-state index in [4.69, 9.17) is 24.2 Å². The van der Waals surface area contributed by atoms with E-state index in [1.165, 1.54) is 0 Å². The average Bonchev–Trinajstić information content (AvgIpc) is 4.12. The molecule has 0 unspecified atom stereocenters. The van der Waals surface area contributed by atoms with Gasteiger partial charge in [-0.1, -0.05) is 44.6 Å². The lowest BCUT2D eigenvalue weighted by Gasteiger charge is -2.33. The quantitative estimate of drug-likeness (QED) is 0.147. The van der Waals surface area contributed by atoms with Crippen LogP contribution in [-0.2, 0) is 21.4 Å². The Morgan fingerprint density at radius 3 is 2.57 bits per heavy atom. The van der Waals surface area contributed by atoms with E-state index in [-0.39, 0.29) is 30.5 Å². The molecule has 0 spiro atoms. The van der Waals surface area contributed by atoms with Crippen LogP contribution in [0.3, 0.4) is 0 Å². The minimum atomic E-state index is -3.76. The molecule has 8 rings (SSSR count). The monoisotopic (exact) mass is 856 g/mol. The number of urea groups is 1. The number of hydrogen-bond donors (Lipinski definition) is 2. The first-order chi connectivity index (χ1) is 28.9. The molecule has 2 aliphatic heterocycles. The molecule has 1 saturated heterocycles. The van der Waals surface area contributed by atoms with Crippen molar-refractivity contribution >= 4 is 44.2 Å². The molecule has 15 heteroatoms. The summed E-state index contributed by atoms with van der Waals surface area (Å²) in [5.74, 6) is 1.68. The number of carbonyl (C=O) groups excluding carboxylic acids is 2. The van der Waals surface area contributed by atoms with Crippen LogP contribution in [0.5, 0.6) is 17.2 Å². The predicted octanol–water partition coefficient (Wildman–Crippen LogP) is 7.34. The molecule has 3 fully saturated rings. The smallest absolute Gasteiger partial charge is 0.320 e. The molecule has 4 heterocycles. The molecule has 320 valence electrons. The Morgan fingerprint density at radius 1 is 1.05 bits per heavy atom. The molecular formula is C45H56N6O7S2. The van der Waals surface area contributed by atoms with Crippen LogP contribution in [0.1, 0.15) is 88.0 Å². The Morgan fingerprint density at radius 2 is 1.85 bits per heavy atom. The Balaban J connectivity index is 1.13. The lowest BCUT2D eigenvalue weighted by molar-refractivity contribution is -0.122. The number of amides is 3. The van der Waals surface area contributed by atoms with E-state index in [0.29, 0.717) is 56.8 Å². The molecule has 3 amide bonds. The van der Waals surface area contributed by atoms with Gasteiger partial charge in [0.25, 0.3) is 5.91 Å². The summed E-state index contributed by atoms with van der Waals surface area (Å²) < 4.78 is 46.5. The SMILES string of the molecule is COc1ccc(CN2CCCCC/C=C\[C@@H]3C[C@@]3(C(=O)NS(=O)(=O)C3CC3)NC[C@@H]3C[C@@H](Oc4cc(-c5nc(C(C)C)cs5)nc5c(C)c(OC)ccc45)CN3C2=O)cc1. The number of nitrogens with one attached hydrogen (secondary N) is 2. The minimum absolute atomic E-state index is 0.108. The molecule has 2 aromatic heterocycles. The number of nitrogens with zero attached hydrogens (tertiary/aromatic N) is 4. The number of allylic oxidation sites excluding steroid dienone is 1. The summed E-state index contributed by atoms with van der Waals surface area (Å²) in [5.41, 5.74) is 3.23. The highest BCUT2D eigenvalue weighted by Crippen LogP contribution is 2.46. The second kappa shape index (κ2) is 17.3. The van der Waals surface area contributed by atoms with Gasteiger partial charge in [-0.25, -0.2) is 23.2 Å². The van der Waals surface area contributed by atoms with Crippen LogP contribution in [0.4, 0.5) is 4.79 Å². The number of methoxy groups -OCH3 is 2. The molecule has 60 heavy (non-hydrogen) atoms. The molecule has 4 aromatic rings. The summed E-state index contributed by atoms with van der Waals surface area (Å²) in [7, 11) is -0.475. The van der Waals surface area contributed by atoms with Crippen molar-refractivity contribution in [3.8, 4) is 28.0 Å². The van der Waals surface area contributed by atoms with Gasteiger partial charge < -0.3 is 29.3 Å². The van der Waals surface area contributed by atoms with Gasteiger partial charge in [-0.3, -0.25) is 9.52 Å². The second-order valence-electron chi connectivity index (χ2n) is 17.0. The van der Waals surface area contributed by atoms with Crippen molar-refractivity contribution in [1.82, 2.24) is 29.8 Å². The first kappa shape index (κ1) is 42.0. The first-order valence-electron chi connectivity index (χ1n) is 21.2. The van der Waals surface area contributed by atoms with Crippen LogP contribution in [0.2, 0.25) is 0 Å². The van der Waals surface area contributed by atoms with Crippen molar-refractivity contribution in [2.24, 2.45) is 5.92 Å². The van der Waals surface area contributed by atoms with E-state index in [2.05, 4.69) is 41.4 Å². The standard InChI is InChI=1S/C45H56N6O7S2/c1-28(2)38-27-59-42(48-38)37-22-40(36-18-19-39(57-5)29(3)41(36)47-37)58-34-21-32-24-46-45(43(52)49-60(54,55)35-16-17-35)23-31(45)11-9-7-6-8-10-20-50(44(53)51(32)26-34)25-30-12-14-33(56-4)15-13-30/h9,11-15,18-19,22,27-28,31-32,34-35,46H,6-8,10,16-17,20-21,23-26H2,1-5H3,(H,49,52)/b11-9-/t31-,32+,34-,45-/m1/s1. The minimum Gasteiger partial charge on any atom is -0.497 e. The number of fused-ring (bicyclic) bond motifs is 3. The van der Waals surface area contributed by atoms with Gasteiger partial charge in [0, 0.05) is 60.4 Å². The predicted molar refractivity (Wildman–Crippen MR) is 233 cm³/mol. The number of hydrogen-bond acceptors (Lipinski definition) is 11. The first-order valence-corrected chi connectivity index (χ1v) is 23.6. The largest absolute Gasteiger partial charge is 0.497 e. The summed E-state index contributed by atoms with van der Waals surface area (Å²) in [4.78, 5) is 42.7. The Kier molecular flexibility index (Phi) is 12.1. The number of aryl methyl sites for hydroxylation is 1. The summed E-state index contributed by atoms with van der Waals surface area (Å²) in [6.45, 7) is 7.81. The van der Waals surface area contributed by atoms with Gasteiger partial charge in [0.2, 0.25) is 10.0 Å². The topological polar surface area (TPSA) is 152 Å². The van der Waals surface area contributed by atoms with Gasteiger partial charge >= 0.3 is 6.03 Å². The number of carbonyl (C=O) groups is 2. The maximum Gasteiger partial charge on any atom is 0.320 e. The van der Waals surface area contributed by atoms with Crippen molar-refractivity contribution < 1.29 is 32.2 Å². The van der Waals surface area contributed by atoms with Crippen molar-refractivity contribution in [1.29, 1.82) is 0 Å². The highest BCUT2D eigenvalue weighted by molar-refractivity contribution is 7.91. The number of pyridine rings is 1. The lowest BCUT2D eigenvalue weighted by atomic mass is 10.1. The molecule has 0 radical (unpaired) electrons. The highest BCUT2D eigenvalue weighted by Gasteiger charge is 2.60. The zero-order valence-electron chi connectivity index (χ0n) is 35.1. The second-order valence-corrected chi connectivity index (χ2v) is 19.8. The van der Waals surface area contributed by atoms with Crippen LogP contribution in [0, 0.1) is 12.8 Å². The summed E-state index contributed by atoms with van der Waals surface area (Å²) in [6.07, 6.45) is 9.40. The van der Waals surface area contributed by atoms with Crippen LogP contribution in [0.25, 0.3) is 21.6 Å². The number of sulfonamides is 1. The third-order valence-corrected chi connectivity index (χ3v) is 15.1. The normalized spacial score (nSPS) is 24.3. The maximum absolute atomic E-state index is 14.9. The van der Waals surface area contributed by atoms with E-state index >= 15 is 0 Å². The third-order valence-electron chi connectivity index (χ3n) is 12.4. The van der Waals surface area contributed by atoms with Gasteiger partial charge in [-0.05, 0) is 81.2 Å². The van der Waals surface area contributed by atoms with E-state index < -0.39 is 32.8 Å². The molecule has 2 saturated carbocycles.